The fraction of sp³-hybridized carbons (Fsp3) is 0.735. The van der Waals surface area contributed by atoms with E-state index in [0.29, 0.717) is 37.5 Å². The van der Waals surface area contributed by atoms with E-state index in [-0.39, 0.29) is 31.8 Å². The number of nitrogens with zero attached hydrogens (tertiary/aromatic N) is 3. The molecule has 64 heavy (non-hydrogen) atoms. The van der Waals surface area contributed by atoms with E-state index in [1.807, 2.05) is 60.7 Å². The first-order chi connectivity index (χ1) is 31.1. The number of fused-ring (bicyclic) bond motifs is 3. The van der Waals surface area contributed by atoms with Crippen molar-refractivity contribution in [1.29, 1.82) is 0 Å². The van der Waals surface area contributed by atoms with Gasteiger partial charge in [-0.3, -0.25) is 0 Å². The second-order valence-corrected chi connectivity index (χ2v) is 19.7. The van der Waals surface area contributed by atoms with Crippen LogP contribution in [-0.2, 0) is 60.6 Å². The maximum atomic E-state index is 14.4. The second kappa shape index (κ2) is 20.3. The van der Waals surface area contributed by atoms with Gasteiger partial charge in [-0.2, -0.15) is 0 Å². The van der Waals surface area contributed by atoms with Gasteiger partial charge < -0.3 is 52.5 Å². The van der Waals surface area contributed by atoms with E-state index in [2.05, 4.69) is 30.8 Å². The Balaban J connectivity index is 1.06. The molecular weight excluding hydrogens is 823 g/mol. The molecule has 7 aliphatic rings. The number of azide groups is 1. The molecule has 4 aliphatic carbocycles. The Morgan fingerprint density at radius 3 is 1.95 bits per heavy atom. The highest BCUT2D eigenvalue weighted by Gasteiger charge is 2.68. The van der Waals surface area contributed by atoms with Gasteiger partial charge in [0.05, 0.1) is 25.9 Å². The number of hydrogen-bond donors (Lipinski definition) is 1. The van der Waals surface area contributed by atoms with E-state index in [1.165, 1.54) is 0 Å². The van der Waals surface area contributed by atoms with E-state index in [9.17, 15) is 15.4 Å². The first-order valence-corrected chi connectivity index (χ1v) is 24.0. The zero-order valence-electron chi connectivity index (χ0n) is 37.5. The minimum atomic E-state index is -1.32. The van der Waals surface area contributed by atoms with Crippen molar-refractivity contribution in [2.45, 2.75) is 202 Å². The number of hydrogen-bond acceptors (Lipinski definition) is 13. The Morgan fingerprint density at radius 2 is 1.36 bits per heavy atom. The summed E-state index contributed by atoms with van der Waals surface area (Å²) in [6, 6.07) is 18.1. The van der Waals surface area contributed by atoms with Gasteiger partial charge in [-0.25, -0.2) is 4.79 Å². The van der Waals surface area contributed by atoms with Crippen LogP contribution < -0.4 is 0 Å². The van der Waals surface area contributed by atoms with Crippen LogP contribution >= 0.6 is 0 Å². The molecule has 0 amide bonds. The van der Waals surface area contributed by atoms with Crippen LogP contribution in [0.25, 0.3) is 10.4 Å². The maximum Gasteiger partial charge on any atom is 0.509 e. The fourth-order valence-corrected chi connectivity index (χ4v) is 11.5. The highest BCUT2D eigenvalue weighted by molar-refractivity contribution is 5.60. The van der Waals surface area contributed by atoms with Gasteiger partial charge >= 0.3 is 6.16 Å². The van der Waals surface area contributed by atoms with E-state index in [4.69, 9.17) is 47.4 Å². The molecule has 0 aromatic heterocycles. The summed E-state index contributed by atoms with van der Waals surface area (Å²) in [6.45, 7) is 6.88. The van der Waals surface area contributed by atoms with E-state index >= 15 is 0 Å². The second-order valence-electron chi connectivity index (χ2n) is 19.7. The van der Waals surface area contributed by atoms with Crippen molar-refractivity contribution in [1.82, 2.24) is 0 Å². The average molecular weight is 890 g/mol. The molecule has 3 aliphatic heterocycles. The molecule has 15 heteroatoms. The van der Waals surface area contributed by atoms with Crippen LogP contribution in [0.15, 0.2) is 65.8 Å². The molecule has 15 nitrogen and oxygen atoms in total. The quantitative estimate of drug-likeness (QED) is 0.0876. The van der Waals surface area contributed by atoms with Gasteiger partial charge in [0.25, 0.3) is 0 Å². The Morgan fingerprint density at radius 1 is 0.781 bits per heavy atom. The predicted molar refractivity (Wildman–Crippen MR) is 231 cm³/mol. The first-order valence-electron chi connectivity index (χ1n) is 24.0. The predicted octanol–water partition coefficient (Wildman–Crippen LogP) is 8.82. The maximum absolute atomic E-state index is 14.4. The third kappa shape index (κ3) is 10.00. The monoisotopic (exact) mass is 889 g/mol. The molecule has 0 radical (unpaired) electrons. The summed E-state index contributed by atoms with van der Waals surface area (Å²) < 4.78 is 67.3. The van der Waals surface area contributed by atoms with Gasteiger partial charge in [0.15, 0.2) is 24.0 Å². The smallest absolute Gasteiger partial charge is 0.431 e. The highest BCUT2D eigenvalue weighted by Crippen LogP contribution is 2.53. The van der Waals surface area contributed by atoms with Crippen molar-refractivity contribution in [3.8, 4) is 0 Å². The van der Waals surface area contributed by atoms with Gasteiger partial charge in [0.1, 0.15) is 54.9 Å². The summed E-state index contributed by atoms with van der Waals surface area (Å²) in [5, 5.41) is 16.2. The van der Waals surface area contributed by atoms with Crippen LogP contribution in [0.4, 0.5) is 4.79 Å². The zero-order chi connectivity index (χ0) is 44.3. The molecule has 350 valence electrons. The van der Waals surface area contributed by atoms with E-state index < -0.39 is 85.0 Å². The van der Waals surface area contributed by atoms with E-state index in [0.717, 1.165) is 68.9 Å². The first kappa shape index (κ1) is 45.8. The lowest BCUT2D eigenvalue weighted by molar-refractivity contribution is -0.313. The number of carbonyl (C=O) groups is 1. The molecule has 7 fully saturated rings. The SMILES string of the molecule is CC(C)[C@@H]1CC[C@@H](C)C[C@H]1OC(=O)O[C@H]1[C@H](O[C@H]2O[C@H](COCc3ccccc3)[C@@H](O)[C@H](OCc3ccccc3)[C@H]2N=[N+]=[N-])[C@H]2OC3(CCCCC3)O[C@@H]2[C@H]2OC3(CCCCC3)O[C@@H]12. The van der Waals surface area contributed by atoms with Crippen LogP contribution in [0.3, 0.4) is 0 Å². The zero-order valence-corrected chi connectivity index (χ0v) is 37.5. The topological polar surface area (TPSA) is 178 Å². The van der Waals surface area contributed by atoms with Crippen LogP contribution in [0.1, 0.15) is 115 Å². The van der Waals surface area contributed by atoms with Gasteiger partial charge in [-0.15, -0.1) is 0 Å². The molecule has 0 unspecified atom stereocenters. The Labute approximate surface area is 376 Å². The summed E-state index contributed by atoms with van der Waals surface area (Å²) >= 11 is 0. The van der Waals surface area contributed by atoms with Crippen molar-refractivity contribution in [2.24, 2.45) is 22.9 Å². The molecule has 4 saturated carbocycles. The molecule has 9 rings (SSSR count). The van der Waals surface area contributed by atoms with Gasteiger partial charge in [-0.05, 0) is 72.9 Å². The Hall–Kier alpha value is -3.34. The number of rotatable bonds is 13. The molecule has 1 N–H and O–H groups in total. The minimum absolute atomic E-state index is 0.0310. The standard InChI is InChI=1S/C49H67N3O12/c1-30(2)34-21-20-31(3)26-35(34)58-47(54)60-41-40(42-44(63-48(61-42)22-12-6-13-23-48)45-43(41)62-49(64-45)24-14-7-15-25-49)59-46-37(51-52-50)39(56-28-33-18-10-5-11-19-33)38(53)36(57-46)29-55-27-32-16-8-4-9-17-32/h4-5,8-11,16-19,30-31,34-46,53H,6-7,12-15,20-29H2,1-3H3/t31-,34+,35-,36-,37-,38-,39-,40+,41+,42-,43+,44+,45+,46-/m1/s1. The summed E-state index contributed by atoms with van der Waals surface area (Å²) in [7, 11) is 0. The molecule has 2 spiro atoms. The highest BCUT2D eigenvalue weighted by atomic mass is 16.8. The normalized spacial score (nSPS) is 37.7. The van der Waals surface area contributed by atoms with Crippen LogP contribution in [0, 0.1) is 17.8 Å². The molecule has 3 heterocycles. The largest absolute Gasteiger partial charge is 0.509 e. The Bertz CT molecular complexity index is 1870. The van der Waals surface area contributed by atoms with Crippen LogP contribution in [0.2, 0.25) is 0 Å². The van der Waals surface area contributed by atoms with Gasteiger partial charge in [-0.1, -0.05) is 106 Å². The molecule has 2 aromatic rings. The minimum Gasteiger partial charge on any atom is -0.431 e. The van der Waals surface area contributed by atoms with Crippen LogP contribution in [-0.4, -0.2) is 103 Å². The lowest BCUT2D eigenvalue weighted by atomic mass is 9.75. The molecule has 3 saturated heterocycles. The number of aliphatic hydroxyl groups excluding tert-OH is 1. The molecule has 2 aromatic carbocycles. The number of benzene rings is 2. The van der Waals surface area contributed by atoms with E-state index in [1.54, 1.807) is 0 Å². The third-order valence-corrected chi connectivity index (χ3v) is 14.8. The fourth-order valence-electron chi connectivity index (χ4n) is 11.5. The van der Waals surface area contributed by atoms with Crippen LogP contribution in [0.5, 0.6) is 0 Å². The number of aliphatic hydroxyl groups is 1. The Kier molecular flexibility index (Phi) is 14.5. The summed E-state index contributed by atoms with van der Waals surface area (Å²) in [4.78, 5) is 17.6. The van der Waals surface area contributed by atoms with Crippen molar-refractivity contribution in [3.63, 3.8) is 0 Å². The molecular formula is C49H67N3O12. The van der Waals surface area contributed by atoms with Crippen molar-refractivity contribution in [2.75, 3.05) is 6.61 Å². The van der Waals surface area contributed by atoms with Crippen molar-refractivity contribution >= 4 is 6.16 Å². The van der Waals surface area contributed by atoms with Gasteiger partial charge in [0.2, 0.25) is 0 Å². The molecule has 0 bridgehead atoms. The summed E-state index contributed by atoms with van der Waals surface area (Å²) in [5.41, 5.74) is 11.9. The lowest BCUT2D eigenvalue weighted by Crippen LogP contribution is -2.66. The third-order valence-electron chi connectivity index (χ3n) is 14.8. The van der Waals surface area contributed by atoms with Crippen molar-refractivity contribution in [3.05, 3.63) is 82.2 Å². The van der Waals surface area contributed by atoms with Gasteiger partial charge in [0, 0.05) is 30.6 Å². The molecule has 14 atom stereocenters. The lowest BCUT2D eigenvalue weighted by Gasteiger charge is -2.47. The summed E-state index contributed by atoms with van der Waals surface area (Å²) in [6.07, 6.45) is 0.511. The average Bonchev–Trinajstić information content (AvgIpc) is 3.85. The van der Waals surface area contributed by atoms with Crippen molar-refractivity contribution < 1.29 is 57.3 Å². The summed E-state index contributed by atoms with van der Waals surface area (Å²) in [5.74, 6) is -0.883. The number of carbonyl (C=O) groups excluding carboxylic acids is 1. The number of ether oxygens (including phenoxy) is 10.